The molecule has 86 heavy (non-hydrogen) atoms. The van der Waals surface area contributed by atoms with Crippen LogP contribution >= 0.6 is 0 Å². The van der Waals surface area contributed by atoms with Crippen LogP contribution in [0.4, 0.5) is 17.1 Å². The molecule has 0 unspecified atom stereocenters. The Morgan fingerprint density at radius 1 is 0.221 bits per heavy atom. The second-order valence-electron chi connectivity index (χ2n) is 22.0. The van der Waals surface area contributed by atoms with Crippen LogP contribution in [0.15, 0.2) is 303 Å². The van der Waals surface area contributed by atoms with E-state index in [-0.39, 0.29) is 0 Å². The predicted octanol–water partition coefficient (Wildman–Crippen LogP) is 20.9. The van der Waals surface area contributed by atoms with Crippen LogP contribution < -0.4 is 4.90 Å². The van der Waals surface area contributed by atoms with Crippen LogP contribution in [0.25, 0.3) is 127 Å². The molecule has 6 nitrogen and oxygen atoms in total. The predicted molar refractivity (Wildman–Crippen MR) is 355 cm³/mol. The number of hydrogen-bond donors (Lipinski definition) is 0. The van der Waals surface area contributed by atoms with Gasteiger partial charge >= 0.3 is 0 Å². The Balaban J connectivity index is 0.760. The molecule has 0 spiro atoms. The first-order valence-electron chi connectivity index (χ1n) is 28.9. The van der Waals surface area contributed by atoms with Crippen molar-refractivity contribution in [3.05, 3.63) is 314 Å². The normalized spacial score (nSPS) is 11.5. The van der Waals surface area contributed by atoms with Gasteiger partial charge in [-0.25, -0.2) is 0 Å². The molecule has 0 atom stereocenters. The first kappa shape index (κ1) is 49.8. The molecule has 0 aliphatic heterocycles. The number of aromatic nitrogens is 3. The van der Waals surface area contributed by atoms with Gasteiger partial charge in [-0.1, -0.05) is 158 Å². The van der Waals surface area contributed by atoms with Crippen molar-refractivity contribution in [2.75, 3.05) is 4.90 Å². The molecule has 3 aromatic heterocycles. The van der Waals surface area contributed by atoms with Crippen LogP contribution in [-0.2, 0) is 0 Å². The van der Waals surface area contributed by atoms with Crippen LogP contribution in [0.2, 0.25) is 0 Å². The first-order chi connectivity index (χ1) is 42.5. The third kappa shape index (κ3) is 8.40. The molecule has 16 rings (SSSR count). The summed E-state index contributed by atoms with van der Waals surface area (Å²) in [6.07, 6.45) is 0. The number of rotatable bonds is 10. The smallest absolute Gasteiger partial charge is 0.0991 e. The molecule has 0 saturated heterocycles. The third-order valence-electron chi connectivity index (χ3n) is 17.1. The summed E-state index contributed by atoms with van der Waals surface area (Å²) in [4.78, 5) is 2.33. The molecule has 13 aromatic carbocycles. The minimum atomic E-state index is 0.621. The summed E-state index contributed by atoms with van der Waals surface area (Å²) in [7, 11) is 0. The van der Waals surface area contributed by atoms with Crippen molar-refractivity contribution in [2.24, 2.45) is 0 Å². The zero-order valence-electron chi connectivity index (χ0n) is 46.6. The van der Waals surface area contributed by atoms with E-state index in [1.165, 1.54) is 32.6 Å². The summed E-state index contributed by atoms with van der Waals surface area (Å²) in [5, 5.41) is 26.4. The molecule has 0 bridgehead atoms. The van der Waals surface area contributed by atoms with Gasteiger partial charge in [0.1, 0.15) is 0 Å². The van der Waals surface area contributed by atoms with E-state index in [4.69, 9.17) is 0 Å². The second kappa shape index (κ2) is 20.5. The van der Waals surface area contributed by atoms with Gasteiger partial charge in [-0.05, 0) is 190 Å². The Hall–Kier alpha value is -12.0. The highest BCUT2D eigenvalue weighted by Gasteiger charge is 2.20. The quantitative estimate of drug-likeness (QED) is 0.137. The molecule has 3 heterocycles. The third-order valence-corrected chi connectivity index (χ3v) is 17.1. The lowest BCUT2D eigenvalue weighted by molar-refractivity contribution is 1.18. The first-order valence-corrected chi connectivity index (χ1v) is 28.9. The van der Waals surface area contributed by atoms with Crippen molar-refractivity contribution < 1.29 is 0 Å². The van der Waals surface area contributed by atoms with Gasteiger partial charge in [0.15, 0.2) is 0 Å². The van der Waals surface area contributed by atoms with E-state index in [1.807, 2.05) is 36.4 Å². The van der Waals surface area contributed by atoms with Gasteiger partial charge in [0, 0.05) is 66.4 Å². The zero-order chi connectivity index (χ0) is 57.2. The number of nitriles is 2. The second-order valence-corrected chi connectivity index (χ2v) is 22.0. The molecular weight excluding hydrogens is 1040 g/mol. The van der Waals surface area contributed by atoms with E-state index in [0.29, 0.717) is 11.1 Å². The molecule has 0 amide bonds. The van der Waals surface area contributed by atoms with E-state index >= 15 is 0 Å². The molecule has 400 valence electrons. The molecule has 16 aromatic rings. The Labute approximate surface area is 497 Å². The van der Waals surface area contributed by atoms with Crippen LogP contribution in [0.3, 0.4) is 0 Å². The Morgan fingerprint density at radius 2 is 0.593 bits per heavy atom. The molecular formula is C80H50N6. The minimum absolute atomic E-state index is 0.621. The monoisotopic (exact) mass is 1090 g/mol. The van der Waals surface area contributed by atoms with Gasteiger partial charge < -0.3 is 18.6 Å². The summed E-state index contributed by atoms with van der Waals surface area (Å²) in [6.45, 7) is 0. The minimum Gasteiger partial charge on any atom is -0.310 e. The number of fused-ring (bicyclic) bond motifs is 9. The number of nitrogens with zero attached hydrogens (tertiary/aromatic N) is 6. The Kier molecular flexibility index (Phi) is 11.9. The SMILES string of the molecule is N#Cc1ccc(-c2cccc(-n3c4ccccc4c4cc(-c5ccc(N(c6ccccc6)c6cccc(-c7ccc8c9ccc(-c%10ccc%11c(c%10)c%10ccccc%10n%11-c%10ccccc%10)cc9n(-c9ccc(C#N)cc9)c8c7)c6)cc5)ccc43)c2)cc1. The maximum atomic E-state index is 9.87. The average molecular weight is 1100 g/mol. The van der Waals surface area contributed by atoms with Gasteiger partial charge in [0.25, 0.3) is 0 Å². The fourth-order valence-corrected chi connectivity index (χ4v) is 13.0. The lowest BCUT2D eigenvalue weighted by Gasteiger charge is -2.26. The number of anilines is 3. The van der Waals surface area contributed by atoms with Crippen molar-refractivity contribution in [1.29, 1.82) is 10.5 Å². The average Bonchev–Trinajstić information content (AvgIpc) is 1.80. The number of para-hydroxylation sites is 4. The van der Waals surface area contributed by atoms with E-state index in [9.17, 15) is 10.5 Å². The number of benzene rings is 13. The van der Waals surface area contributed by atoms with Gasteiger partial charge in [0.2, 0.25) is 0 Å². The van der Waals surface area contributed by atoms with E-state index in [0.717, 1.165) is 111 Å². The topological polar surface area (TPSA) is 65.6 Å². The fourth-order valence-electron chi connectivity index (χ4n) is 13.0. The van der Waals surface area contributed by atoms with Crippen LogP contribution in [0.5, 0.6) is 0 Å². The van der Waals surface area contributed by atoms with Gasteiger partial charge in [-0.3, -0.25) is 0 Å². The van der Waals surface area contributed by atoms with Gasteiger partial charge in [-0.15, -0.1) is 0 Å². The maximum Gasteiger partial charge on any atom is 0.0991 e. The molecule has 6 heteroatoms. The summed E-state index contributed by atoms with van der Waals surface area (Å²) in [6, 6.07) is 113. The molecule has 0 fully saturated rings. The summed E-state index contributed by atoms with van der Waals surface area (Å²) >= 11 is 0. The van der Waals surface area contributed by atoms with Gasteiger partial charge in [0.05, 0.1) is 56.4 Å². The highest BCUT2D eigenvalue weighted by atomic mass is 15.1. The fraction of sp³-hybridized carbons (Fsp3) is 0. The van der Waals surface area contributed by atoms with E-state index < -0.39 is 0 Å². The lowest BCUT2D eigenvalue weighted by atomic mass is 10.00. The maximum absolute atomic E-state index is 9.87. The van der Waals surface area contributed by atoms with Crippen LogP contribution in [0.1, 0.15) is 11.1 Å². The summed E-state index contributed by atoms with van der Waals surface area (Å²) < 4.78 is 7.07. The molecule has 0 aliphatic carbocycles. The lowest BCUT2D eigenvalue weighted by Crippen LogP contribution is -2.09. The van der Waals surface area contributed by atoms with Crippen molar-refractivity contribution >= 4 is 82.5 Å². The van der Waals surface area contributed by atoms with Crippen molar-refractivity contribution in [3.63, 3.8) is 0 Å². The summed E-state index contributed by atoms with van der Waals surface area (Å²) in [5.74, 6) is 0. The number of hydrogen-bond acceptors (Lipinski definition) is 3. The molecule has 0 N–H and O–H groups in total. The highest BCUT2D eigenvalue weighted by Crippen LogP contribution is 2.43. The van der Waals surface area contributed by atoms with Crippen LogP contribution in [0, 0.1) is 22.7 Å². The molecule has 0 aliphatic rings. The van der Waals surface area contributed by atoms with E-state index in [2.05, 4.69) is 298 Å². The largest absolute Gasteiger partial charge is 0.310 e. The van der Waals surface area contributed by atoms with Crippen molar-refractivity contribution in [3.8, 4) is 73.7 Å². The Bertz CT molecular complexity index is 5400. The Morgan fingerprint density at radius 3 is 1.19 bits per heavy atom. The zero-order valence-corrected chi connectivity index (χ0v) is 46.6. The van der Waals surface area contributed by atoms with Gasteiger partial charge in [-0.2, -0.15) is 10.5 Å². The van der Waals surface area contributed by atoms with Crippen molar-refractivity contribution in [1.82, 2.24) is 13.7 Å². The van der Waals surface area contributed by atoms with Crippen molar-refractivity contribution in [2.45, 2.75) is 0 Å². The molecule has 0 saturated carbocycles. The summed E-state index contributed by atoms with van der Waals surface area (Å²) in [5.41, 5.74) is 23.3. The van der Waals surface area contributed by atoms with Crippen LogP contribution in [-0.4, -0.2) is 13.7 Å². The van der Waals surface area contributed by atoms with E-state index in [1.54, 1.807) is 0 Å². The highest BCUT2D eigenvalue weighted by molar-refractivity contribution is 6.14. The standard InChI is InChI=1S/C80H50N6/c81-51-53-25-29-55(30-26-53)57-13-11-20-68(45-57)86-76-24-10-8-22-70(76)73-47-59(35-43-78(73)86)56-31-39-65(40-32-56)83(63-15-3-1-4-16-63)67-19-12-14-58(46-67)61-33-41-71-72-42-34-62(50-80(72)85(79(71)49-61)66-37-27-54(52-82)28-38-66)60-36-44-77-74(48-60)69-21-7-9-23-75(69)84(77)64-17-5-2-6-18-64/h1-50H. The molecule has 0 radical (unpaired) electrons.